The average molecular weight is 182 g/mol. The molecule has 2 aliphatic rings. The maximum absolute atomic E-state index is 6.14. The molecule has 1 saturated carbocycles. The molecule has 1 aliphatic carbocycles. The number of nitrogens with two attached hydrogens (primary N) is 1. The summed E-state index contributed by atoms with van der Waals surface area (Å²) in [4.78, 5) is 2.56. The van der Waals surface area contributed by atoms with Crippen LogP contribution in [0.25, 0.3) is 0 Å². The molecule has 76 valence electrons. The molecular weight excluding hydrogens is 160 g/mol. The van der Waals surface area contributed by atoms with E-state index in [0.29, 0.717) is 6.04 Å². The fourth-order valence-corrected chi connectivity index (χ4v) is 2.63. The first-order valence-corrected chi connectivity index (χ1v) is 5.73. The Balaban J connectivity index is 1.80. The van der Waals surface area contributed by atoms with Crippen LogP contribution in [-0.2, 0) is 0 Å². The van der Waals surface area contributed by atoms with Crippen LogP contribution in [0.15, 0.2) is 0 Å². The maximum Gasteiger partial charge on any atom is 0.00795 e. The highest BCUT2D eigenvalue weighted by atomic mass is 15.2. The van der Waals surface area contributed by atoms with Crippen molar-refractivity contribution in [2.45, 2.75) is 38.6 Å². The van der Waals surface area contributed by atoms with Gasteiger partial charge in [0.15, 0.2) is 0 Å². The van der Waals surface area contributed by atoms with Gasteiger partial charge in [-0.25, -0.2) is 0 Å². The average Bonchev–Trinajstić information content (AvgIpc) is 2.03. The molecule has 0 amide bonds. The van der Waals surface area contributed by atoms with Crippen molar-refractivity contribution >= 4 is 0 Å². The lowest BCUT2D eigenvalue weighted by Crippen LogP contribution is -2.47. The molecule has 3 unspecified atom stereocenters. The second kappa shape index (κ2) is 3.97. The Labute approximate surface area is 81.5 Å². The van der Waals surface area contributed by atoms with Gasteiger partial charge in [-0.2, -0.15) is 0 Å². The Bertz CT molecular complexity index is 165. The highest BCUT2D eigenvalue weighted by Gasteiger charge is 2.28. The third-order valence-electron chi connectivity index (χ3n) is 3.74. The van der Waals surface area contributed by atoms with E-state index in [2.05, 4.69) is 11.8 Å². The van der Waals surface area contributed by atoms with E-state index < -0.39 is 0 Å². The van der Waals surface area contributed by atoms with Gasteiger partial charge in [0, 0.05) is 12.6 Å². The molecule has 13 heavy (non-hydrogen) atoms. The van der Waals surface area contributed by atoms with Crippen molar-refractivity contribution in [3.63, 3.8) is 0 Å². The minimum atomic E-state index is 0.483. The molecule has 0 aromatic rings. The summed E-state index contributed by atoms with van der Waals surface area (Å²) >= 11 is 0. The van der Waals surface area contributed by atoms with Gasteiger partial charge in [-0.3, -0.25) is 0 Å². The number of likely N-dealkylation sites (tertiary alicyclic amines) is 1. The third-order valence-corrected chi connectivity index (χ3v) is 3.74. The number of nitrogens with zero attached hydrogens (tertiary/aromatic N) is 1. The zero-order valence-electron chi connectivity index (χ0n) is 8.71. The van der Waals surface area contributed by atoms with Crippen LogP contribution in [-0.4, -0.2) is 30.6 Å². The highest BCUT2D eigenvalue weighted by molar-refractivity contribution is 4.84. The van der Waals surface area contributed by atoms with Gasteiger partial charge in [-0.1, -0.05) is 6.92 Å². The van der Waals surface area contributed by atoms with Gasteiger partial charge in [0.05, 0.1) is 0 Å². The van der Waals surface area contributed by atoms with Crippen molar-refractivity contribution in [2.24, 2.45) is 17.6 Å². The number of hydrogen-bond acceptors (Lipinski definition) is 2. The van der Waals surface area contributed by atoms with Crippen LogP contribution in [0.2, 0.25) is 0 Å². The molecule has 3 atom stereocenters. The fraction of sp³-hybridized carbons (Fsp3) is 1.00. The molecule has 1 aliphatic heterocycles. The minimum absolute atomic E-state index is 0.483. The molecule has 1 saturated heterocycles. The predicted molar refractivity (Wildman–Crippen MR) is 55.5 cm³/mol. The van der Waals surface area contributed by atoms with E-state index in [1.165, 1.54) is 45.3 Å². The second-order valence-electron chi connectivity index (χ2n) is 5.00. The van der Waals surface area contributed by atoms with E-state index in [0.717, 1.165) is 11.8 Å². The van der Waals surface area contributed by atoms with Crippen molar-refractivity contribution in [2.75, 3.05) is 19.6 Å². The lowest BCUT2D eigenvalue weighted by molar-refractivity contribution is 0.114. The Morgan fingerprint density at radius 1 is 1.31 bits per heavy atom. The number of rotatable bonds is 2. The summed E-state index contributed by atoms with van der Waals surface area (Å²) in [6, 6.07) is 0.483. The zero-order chi connectivity index (χ0) is 9.26. The summed E-state index contributed by atoms with van der Waals surface area (Å²) in [5.74, 6) is 1.69. The molecule has 2 heteroatoms. The smallest absolute Gasteiger partial charge is 0.00795 e. The van der Waals surface area contributed by atoms with E-state index in [-0.39, 0.29) is 0 Å². The second-order valence-corrected chi connectivity index (χ2v) is 5.00. The van der Waals surface area contributed by atoms with Crippen molar-refractivity contribution in [3.8, 4) is 0 Å². The zero-order valence-corrected chi connectivity index (χ0v) is 8.71. The van der Waals surface area contributed by atoms with Gasteiger partial charge in [0.1, 0.15) is 0 Å². The Morgan fingerprint density at radius 2 is 2.08 bits per heavy atom. The van der Waals surface area contributed by atoms with Gasteiger partial charge in [-0.05, 0) is 50.6 Å². The van der Waals surface area contributed by atoms with Crippen LogP contribution in [0.5, 0.6) is 0 Å². The molecule has 0 radical (unpaired) electrons. The Hall–Kier alpha value is -0.0800. The first-order chi connectivity index (χ1) is 6.25. The van der Waals surface area contributed by atoms with Gasteiger partial charge in [0.25, 0.3) is 0 Å². The van der Waals surface area contributed by atoms with Crippen molar-refractivity contribution < 1.29 is 0 Å². The van der Waals surface area contributed by atoms with Gasteiger partial charge >= 0.3 is 0 Å². The first kappa shape index (κ1) is 9.47. The quantitative estimate of drug-likeness (QED) is 0.700. The van der Waals surface area contributed by atoms with E-state index in [9.17, 15) is 0 Å². The Kier molecular flexibility index (Phi) is 2.89. The normalized spacial score (nSPS) is 41.5. The molecule has 2 rings (SSSR count). The van der Waals surface area contributed by atoms with Gasteiger partial charge < -0.3 is 10.6 Å². The van der Waals surface area contributed by atoms with E-state index in [1.807, 2.05) is 0 Å². The van der Waals surface area contributed by atoms with Crippen LogP contribution in [0.1, 0.15) is 32.6 Å². The van der Waals surface area contributed by atoms with Crippen LogP contribution in [0.3, 0.4) is 0 Å². The topological polar surface area (TPSA) is 29.3 Å². The summed E-state index contributed by atoms with van der Waals surface area (Å²) in [7, 11) is 0. The monoisotopic (exact) mass is 182 g/mol. The molecule has 0 aromatic carbocycles. The van der Waals surface area contributed by atoms with Crippen LogP contribution < -0.4 is 5.73 Å². The van der Waals surface area contributed by atoms with E-state index in [1.54, 1.807) is 0 Å². The largest absolute Gasteiger partial charge is 0.327 e. The molecule has 1 heterocycles. The molecule has 2 N–H and O–H groups in total. The lowest BCUT2D eigenvalue weighted by Gasteiger charge is -2.39. The first-order valence-electron chi connectivity index (χ1n) is 5.73. The SMILES string of the molecule is CC1CCC(N)C(CN2CCC2)C1. The van der Waals surface area contributed by atoms with Crippen molar-refractivity contribution in [1.29, 1.82) is 0 Å². The van der Waals surface area contributed by atoms with Crippen LogP contribution >= 0.6 is 0 Å². The summed E-state index contributed by atoms with van der Waals surface area (Å²) in [5.41, 5.74) is 6.14. The third kappa shape index (κ3) is 2.23. The van der Waals surface area contributed by atoms with Gasteiger partial charge in [-0.15, -0.1) is 0 Å². The molecule has 0 bridgehead atoms. The molecule has 0 aromatic heterocycles. The van der Waals surface area contributed by atoms with Crippen molar-refractivity contribution in [1.82, 2.24) is 4.90 Å². The highest BCUT2D eigenvalue weighted by Crippen LogP contribution is 2.29. The van der Waals surface area contributed by atoms with Crippen LogP contribution in [0.4, 0.5) is 0 Å². The van der Waals surface area contributed by atoms with Crippen molar-refractivity contribution in [3.05, 3.63) is 0 Å². The van der Waals surface area contributed by atoms with Gasteiger partial charge in [0.2, 0.25) is 0 Å². The minimum Gasteiger partial charge on any atom is -0.327 e. The summed E-state index contributed by atoms with van der Waals surface area (Å²) in [6.45, 7) is 6.27. The predicted octanol–water partition coefficient (Wildman–Crippen LogP) is 1.46. The summed E-state index contributed by atoms with van der Waals surface area (Å²) in [6.07, 6.45) is 5.35. The summed E-state index contributed by atoms with van der Waals surface area (Å²) < 4.78 is 0. The number of hydrogen-bond donors (Lipinski definition) is 1. The summed E-state index contributed by atoms with van der Waals surface area (Å²) in [5, 5.41) is 0. The molecule has 2 nitrogen and oxygen atoms in total. The maximum atomic E-state index is 6.14. The fourth-order valence-electron chi connectivity index (χ4n) is 2.63. The molecule has 0 spiro atoms. The van der Waals surface area contributed by atoms with Crippen LogP contribution in [0, 0.1) is 11.8 Å². The molecule has 2 fully saturated rings. The van der Waals surface area contributed by atoms with E-state index >= 15 is 0 Å². The lowest BCUT2D eigenvalue weighted by atomic mass is 9.78. The van der Waals surface area contributed by atoms with E-state index in [4.69, 9.17) is 5.73 Å². The Morgan fingerprint density at radius 3 is 2.69 bits per heavy atom. The molecular formula is C11H22N2. The standard InChI is InChI=1S/C11H22N2/c1-9-3-4-11(12)10(7-9)8-13-5-2-6-13/h9-11H,2-8,12H2,1H3.